The molecule has 0 bridgehead atoms. The van der Waals surface area contributed by atoms with Crippen molar-refractivity contribution in [1.29, 1.82) is 0 Å². The summed E-state index contributed by atoms with van der Waals surface area (Å²) in [6.45, 7) is 4.30. The predicted octanol–water partition coefficient (Wildman–Crippen LogP) is 5.56. The minimum atomic E-state index is 0.399. The number of hydrogen-bond acceptors (Lipinski definition) is 1. The van der Waals surface area contributed by atoms with Crippen LogP contribution in [-0.4, -0.2) is 6.04 Å². The van der Waals surface area contributed by atoms with Gasteiger partial charge in [-0.2, -0.15) is 0 Å². The molecule has 0 spiro atoms. The Labute approximate surface area is 131 Å². The zero-order valence-electron chi connectivity index (χ0n) is 11.1. The molecule has 19 heavy (non-hydrogen) atoms. The molecule has 0 aromatic heterocycles. The van der Waals surface area contributed by atoms with E-state index in [2.05, 4.69) is 93.5 Å². The van der Waals surface area contributed by atoms with Crippen LogP contribution in [0, 0.1) is 6.92 Å². The molecule has 0 aliphatic rings. The van der Waals surface area contributed by atoms with Gasteiger partial charge < -0.3 is 5.32 Å². The molecule has 0 saturated heterocycles. The highest BCUT2D eigenvalue weighted by molar-refractivity contribution is 9.10. The molecule has 2 aromatic rings. The SMILES string of the molecule is Cc1ccc(NC(C)Cc2ccc(Br)cc2)cc1Br. The molecule has 1 unspecified atom stereocenters. The second-order valence-electron chi connectivity index (χ2n) is 4.84. The van der Waals surface area contributed by atoms with Crippen molar-refractivity contribution in [3.05, 3.63) is 62.5 Å². The van der Waals surface area contributed by atoms with E-state index < -0.39 is 0 Å². The third kappa shape index (κ3) is 4.36. The number of anilines is 1. The van der Waals surface area contributed by atoms with Crippen LogP contribution in [0.2, 0.25) is 0 Å². The molecule has 1 N–H and O–H groups in total. The van der Waals surface area contributed by atoms with Crippen LogP contribution in [0.3, 0.4) is 0 Å². The molecule has 0 saturated carbocycles. The summed E-state index contributed by atoms with van der Waals surface area (Å²) in [6.07, 6.45) is 1.01. The van der Waals surface area contributed by atoms with E-state index >= 15 is 0 Å². The van der Waals surface area contributed by atoms with E-state index in [1.165, 1.54) is 11.1 Å². The first kappa shape index (κ1) is 14.6. The van der Waals surface area contributed by atoms with Gasteiger partial charge in [0.15, 0.2) is 0 Å². The van der Waals surface area contributed by atoms with Gasteiger partial charge in [-0.1, -0.05) is 50.1 Å². The quantitative estimate of drug-likeness (QED) is 0.729. The Balaban J connectivity index is 1.98. The Morgan fingerprint density at radius 2 is 1.74 bits per heavy atom. The van der Waals surface area contributed by atoms with E-state index in [1.807, 2.05) is 0 Å². The maximum Gasteiger partial charge on any atom is 0.0353 e. The molecule has 1 nitrogen and oxygen atoms in total. The van der Waals surface area contributed by atoms with Crippen molar-refractivity contribution in [2.75, 3.05) is 5.32 Å². The predicted molar refractivity (Wildman–Crippen MR) is 89.8 cm³/mol. The number of aryl methyl sites for hydroxylation is 1. The maximum atomic E-state index is 3.57. The standard InChI is InChI=1S/C16H17Br2N/c1-11-3-8-15(10-16(11)18)19-12(2)9-13-4-6-14(17)7-5-13/h3-8,10,12,19H,9H2,1-2H3. The summed E-state index contributed by atoms with van der Waals surface area (Å²) in [6, 6.07) is 15.3. The first-order valence-corrected chi connectivity index (χ1v) is 7.90. The van der Waals surface area contributed by atoms with Crippen LogP contribution in [0.1, 0.15) is 18.1 Å². The summed E-state index contributed by atoms with van der Waals surface area (Å²) in [7, 11) is 0. The van der Waals surface area contributed by atoms with Crippen molar-refractivity contribution in [3.63, 3.8) is 0 Å². The fourth-order valence-electron chi connectivity index (χ4n) is 1.99. The van der Waals surface area contributed by atoms with Crippen LogP contribution in [0.5, 0.6) is 0 Å². The molecule has 3 heteroatoms. The van der Waals surface area contributed by atoms with Crippen molar-refractivity contribution in [2.24, 2.45) is 0 Å². The van der Waals surface area contributed by atoms with Gasteiger partial charge in [0.05, 0.1) is 0 Å². The highest BCUT2D eigenvalue weighted by atomic mass is 79.9. The first-order chi connectivity index (χ1) is 9.04. The summed E-state index contributed by atoms with van der Waals surface area (Å²) in [5, 5.41) is 3.53. The zero-order valence-corrected chi connectivity index (χ0v) is 14.3. The molecule has 1 atom stereocenters. The van der Waals surface area contributed by atoms with Crippen LogP contribution >= 0.6 is 31.9 Å². The summed E-state index contributed by atoms with van der Waals surface area (Å²) in [5.41, 5.74) is 3.75. The molecular weight excluding hydrogens is 366 g/mol. The second kappa shape index (κ2) is 6.58. The monoisotopic (exact) mass is 381 g/mol. The molecule has 2 aromatic carbocycles. The highest BCUT2D eigenvalue weighted by Crippen LogP contribution is 2.21. The largest absolute Gasteiger partial charge is 0.382 e. The van der Waals surface area contributed by atoms with Gasteiger partial charge in [0.2, 0.25) is 0 Å². The van der Waals surface area contributed by atoms with Crippen LogP contribution in [0.15, 0.2) is 51.4 Å². The molecule has 0 fully saturated rings. The Morgan fingerprint density at radius 1 is 1.05 bits per heavy atom. The summed E-state index contributed by atoms with van der Waals surface area (Å²) < 4.78 is 2.27. The Kier molecular flexibility index (Phi) is 5.06. The molecule has 0 amide bonds. The third-order valence-electron chi connectivity index (χ3n) is 3.04. The smallest absolute Gasteiger partial charge is 0.0353 e. The van der Waals surface area contributed by atoms with Crippen molar-refractivity contribution in [1.82, 2.24) is 0 Å². The molecule has 0 aliphatic carbocycles. The fraction of sp³-hybridized carbons (Fsp3) is 0.250. The van der Waals surface area contributed by atoms with Crippen molar-refractivity contribution in [3.8, 4) is 0 Å². The van der Waals surface area contributed by atoms with Crippen LogP contribution in [0.25, 0.3) is 0 Å². The minimum Gasteiger partial charge on any atom is -0.382 e. The summed E-state index contributed by atoms with van der Waals surface area (Å²) in [4.78, 5) is 0. The molecular formula is C16H17Br2N. The fourth-order valence-corrected chi connectivity index (χ4v) is 2.64. The lowest BCUT2D eigenvalue weighted by atomic mass is 10.1. The number of benzene rings is 2. The van der Waals surface area contributed by atoms with Crippen LogP contribution < -0.4 is 5.32 Å². The van der Waals surface area contributed by atoms with Gasteiger partial charge in [-0.25, -0.2) is 0 Å². The zero-order chi connectivity index (χ0) is 13.8. The lowest BCUT2D eigenvalue weighted by Gasteiger charge is -2.16. The van der Waals surface area contributed by atoms with E-state index in [0.29, 0.717) is 6.04 Å². The molecule has 0 heterocycles. The van der Waals surface area contributed by atoms with E-state index in [1.54, 1.807) is 0 Å². The van der Waals surface area contributed by atoms with Crippen LogP contribution in [0.4, 0.5) is 5.69 Å². The van der Waals surface area contributed by atoms with Gasteiger partial charge in [-0.05, 0) is 55.7 Å². The van der Waals surface area contributed by atoms with Crippen molar-refractivity contribution < 1.29 is 0 Å². The number of halogens is 2. The number of hydrogen-bond donors (Lipinski definition) is 1. The Hall–Kier alpha value is -0.800. The topological polar surface area (TPSA) is 12.0 Å². The van der Waals surface area contributed by atoms with E-state index in [-0.39, 0.29) is 0 Å². The van der Waals surface area contributed by atoms with Crippen LogP contribution in [-0.2, 0) is 6.42 Å². The molecule has 2 rings (SSSR count). The third-order valence-corrected chi connectivity index (χ3v) is 4.42. The number of rotatable bonds is 4. The average Bonchev–Trinajstić information content (AvgIpc) is 2.37. The van der Waals surface area contributed by atoms with E-state index in [9.17, 15) is 0 Å². The minimum absolute atomic E-state index is 0.399. The first-order valence-electron chi connectivity index (χ1n) is 6.32. The van der Waals surface area contributed by atoms with Gasteiger partial charge in [-0.15, -0.1) is 0 Å². The van der Waals surface area contributed by atoms with Crippen molar-refractivity contribution in [2.45, 2.75) is 26.3 Å². The van der Waals surface area contributed by atoms with Gasteiger partial charge in [-0.3, -0.25) is 0 Å². The lowest BCUT2D eigenvalue weighted by molar-refractivity contribution is 0.790. The maximum absolute atomic E-state index is 3.57. The van der Waals surface area contributed by atoms with E-state index in [0.717, 1.165) is 21.1 Å². The number of nitrogens with one attached hydrogen (secondary N) is 1. The van der Waals surface area contributed by atoms with Gasteiger partial charge in [0.1, 0.15) is 0 Å². The normalized spacial score (nSPS) is 12.2. The van der Waals surface area contributed by atoms with Gasteiger partial charge in [0, 0.05) is 20.7 Å². The van der Waals surface area contributed by atoms with Gasteiger partial charge >= 0.3 is 0 Å². The summed E-state index contributed by atoms with van der Waals surface area (Å²) >= 11 is 7.02. The molecule has 0 radical (unpaired) electrons. The van der Waals surface area contributed by atoms with Crippen molar-refractivity contribution >= 4 is 37.5 Å². The molecule has 0 aliphatic heterocycles. The summed E-state index contributed by atoms with van der Waals surface area (Å²) in [5.74, 6) is 0. The van der Waals surface area contributed by atoms with E-state index in [4.69, 9.17) is 0 Å². The Bertz CT molecular complexity index is 549. The lowest BCUT2D eigenvalue weighted by Crippen LogP contribution is -2.18. The second-order valence-corrected chi connectivity index (χ2v) is 6.61. The average molecular weight is 383 g/mol. The van der Waals surface area contributed by atoms with Gasteiger partial charge in [0.25, 0.3) is 0 Å². The highest BCUT2D eigenvalue weighted by Gasteiger charge is 2.05. The molecule has 100 valence electrons. The Morgan fingerprint density at radius 3 is 2.37 bits per heavy atom.